The average molecular weight is 211 g/mol. The Labute approximate surface area is 78.4 Å². The lowest BCUT2D eigenvalue weighted by Gasteiger charge is -2.10. The van der Waals surface area contributed by atoms with E-state index in [4.69, 9.17) is 0 Å². The summed E-state index contributed by atoms with van der Waals surface area (Å²) in [5.41, 5.74) is 0. The lowest BCUT2D eigenvalue weighted by Crippen LogP contribution is -2.31. The molecule has 6 heteroatoms. The van der Waals surface area contributed by atoms with E-state index in [1.54, 1.807) is 0 Å². The van der Waals surface area contributed by atoms with Gasteiger partial charge in [-0.05, 0) is 6.54 Å². The predicted molar refractivity (Wildman–Crippen MR) is 51.9 cm³/mol. The third-order valence-electron chi connectivity index (χ3n) is 1.05. The van der Waals surface area contributed by atoms with Crippen LogP contribution in [0.15, 0.2) is 0 Å². The number of hydrogen-bond donors (Lipinski definition) is 1. The SMILES string of the molecule is CCNCC(C=S)OS(C)(=O)=O. The van der Waals surface area contributed by atoms with E-state index in [-0.39, 0.29) is 0 Å². The Morgan fingerprint density at radius 1 is 1.67 bits per heavy atom. The van der Waals surface area contributed by atoms with Gasteiger partial charge in [-0.15, -0.1) is 0 Å². The first-order valence-electron chi connectivity index (χ1n) is 3.54. The lowest BCUT2D eigenvalue weighted by atomic mass is 10.4. The third kappa shape index (κ3) is 6.66. The lowest BCUT2D eigenvalue weighted by molar-refractivity contribution is 0.276. The summed E-state index contributed by atoms with van der Waals surface area (Å²) in [7, 11) is -3.40. The molecule has 0 radical (unpaired) electrons. The van der Waals surface area contributed by atoms with E-state index in [1.807, 2.05) is 6.92 Å². The van der Waals surface area contributed by atoms with Gasteiger partial charge in [0.1, 0.15) is 6.10 Å². The zero-order valence-corrected chi connectivity index (χ0v) is 8.74. The Balaban J connectivity index is 3.92. The minimum atomic E-state index is -3.40. The molecule has 0 fully saturated rings. The molecule has 1 N–H and O–H groups in total. The van der Waals surface area contributed by atoms with Crippen LogP contribution in [0.1, 0.15) is 6.92 Å². The van der Waals surface area contributed by atoms with Crippen LogP contribution >= 0.6 is 12.2 Å². The summed E-state index contributed by atoms with van der Waals surface area (Å²) in [5, 5.41) is 4.23. The van der Waals surface area contributed by atoms with Crippen LogP contribution in [0.5, 0.6) is 0 Å². The van der Waals surface area contributed by atoms with Crippen LogP contribution in [0.2, 0.25) is 0 Å². The monoisotopic (exact) mass is 211 g/mol. The van der Waals surface area contributed by atoms with Crippen molar-refractivity contribution in [1.82, 2.24) is 5.32 Å². The van der Waals surface area contributed by atoms with Gasteiger partial charge in [0, 0.05) is 11.9 Å². The molecule has 0 bridgehead atoms. The second-order valence-corrected chi connectivity index (χ2v) is 4.16. The summed E-state index contributed by atoms with van der Waals surface area (Å²) < 4.78 is 25.9. The van der Waals surface area contributed by atoms with Crippen molar-refractivity contribution < 1.29 is 12.6 Å². The Hall–Kier alpha value is -0.0400. The Kier molecular flexibility index (Phi) is 5.56. The summed E-state index contributed by atoms with van der Waals surface area (Å²) in [4.78, 5) is 0. The number of rotatable bonds is 6. The normalized spacial score (nSPS) is 14.2. The van der Waals surface area contributed by atoms with Crippen LogP contribution in [0.3, 0.4) is 0 Å². The first kappa shape index (κ1) is 12.0. The summed E-state index contributed by atoms with van der Waals surface area (Å²) in [6, 6.07) is 0. The smallest absolute Gasteiger partial charge is 0.265 e. The van der Waals surface area contributed by atoms with E-state index in [9.17, 15) is 8.42 Å². The molecule has 0 saturated heterocycles. The molecule has 0 saturated carbocycles. The number of hydrogen-bond acceptors (Lipinski definition) is 5. The molecular weight excluding hydrogens is 198 g/mol. The molecular formula is C6H13NO3S2. The minimum absolute atomic E-state index is 0.424. The molecule has 0 heterocycles. The summed E-state index contributed by atoms with van der Waals surface area (Å²) in [5.74, 6) is 0. The fraction of sp³-hybridized carbons (Fsp3) is 0.833. The largest absolute Gasteiger partial charge is 0.314 e. The molecule has 0 rings (SSSR count). The van der Waals surface area contributed by atoms with Gasteiger partial charge >= 0.3 is 0 Å². The highest BCUT2D eigenvalue weighted by Crippen LogP contribution is 1.94. The maximum atomic E-state index is 10.6. The molecule has 0 aliphatic carbocycles. The highest BCUT2D eigenvalue weighted by Gasteiger charge is 2.11. The van der Waals surface area contributed by atoms with Gasteiger partial charge in [-0.25, -0.2) is 0 Å². The van der Waals surface area contributed by atoms with Crippen LogP contribution in [-0.2, 0) is 14.3 Å². The number of nitrogens with one attached hydrogen (secondary N) is 1. The summed E-state index contributed by atoms with van der Waals surface area (Å²) in [6.07, 6.45) is 0.458. The van der Waals surface area contributed by atoms with Gasteiger partial charge in [0.25, 0.3) is 10.1 Å². The van der Waals surface area contributed by atoms with Crippen molar-refractivity contribution in [3.63, 3.8) is 0 Å². The fourth-order valence-electron chi connectivity index (χ4n) is 0.616. The molecule has 0 aromatic heterocycles. The topological polar surface area (TPSA) is 55.4 Å². The molecule has 1 unspecified atom stereocenters. The predicted octanol–water partition coefficient (Wildman–Crippen LogP) is -0.0596. The van der Waals surface area contributed by atoms with Crippen molar-refractivity contribution in [2.45, 2.75) is 13.0 Å². The van der Waals surface area contributed by atoms with Gasteiger partial charge in [-0.1, -0.05) is 19.1 Å². The van der Waals surface area contributed by atoms with Gasteiger partial charge in [-0.3, -0.25) is 4.18 Å². The molecule has 0 aromatic rings. The van der Waals surface area contributed by atoms with Crippen LogP contribution in [0, 0.1) is 0 Å². The van der Waals surface area contributed by atoms with Crippen LogP contribution in [-0.4, -0.2) is 39.2 Å². The molecule has 72 valence electrons. The van der Waals surface area contributed by atoms with E-state index < -0.39 is 16.2 Å². The van der Waals surface area contributed by atoms with E-state index in [0.717, 1.165) is 12.8 Å². The Morgan fingerprint density at radius 2 is 2.25 bits per heavy atom. The molecule has 4 nitrogen and oxygen atoms in total. The van der Waals surface area contributed by atoms with Crippen molar-refractivity contribution in [1.29, 1.82) is 0 Å². The Bertz CT molecular complexity index is 225. The molecule has 1 atom stereocenters. The van der Waals surface area contributed by atoms with Crippen molar-refractivity contribution in [3.05, 3.63) is 0 Å². The minimum Gasteiger partial charge on any atom is -0.314 e. The average Bonchev–Trinajstić information content (AvgIpc) is 1.95. The van der Waals surface area contributed by atoms with Crippen molar-refractivity contribution in [3.8, 4) is 0 Å². The van der Waals surface area contributed by atoms with E-state index in [0.29, 0.717) is 6.54 Å². The number of thiocarbonyl (C=S) groups is 1. The first-order valence-corrected chi connectivity index (χ1v) is 5.82. The second kappa shape index (κ2) is 5.58. The maximum Gasteiger partial charge on any atom is 0.265 e. The Morgan fingerprint density at radius 3 is 2.58 bits per heavy atom. The molecule has 0 aliphatic rings. The van der Waals surface area contributed by atoms with Gasteiger partial charge in [-0.2, -0.15) is 8.42 Å². The van der Waals surface area contributed by atoms with Crippen molar-refractivity contribution in [2.24, 2.45) is 0 Å². The molecule has 0 amide bonds. The van der Waals surface area contributed by atoms with Gasteiger partial charge in [0.05, 0.1) is 6.26 Å². The highest BCUT2D eigenvalue weighted by atomic mass is 32.2. The zero-order valence-electron chi connectivity index (χ0n) is 7.11. The second-order valence-electron chi connectivity index (χ2n) is 2.28. The van der Waals surface area contributed by atoms with Gasteiger partial charge in [0.15, 0.2) is 0 Å². The van der Waals surface area contributed by atoms with Crippen molar-refractivity contribution in [2.75, 3.05) is 19.3 Å². The third-order valence-corrected chi connectivity index (χ3v) is 1.95. The quantitative estimate of drug-likeness (QED) is 0.493. The number of likely N-dealkylation sites (N-methyl/N-ethyl adjacent to an activating group) is 1. The molecule has 0 aromatic carbocycles. The van der Waals surface area contributed by atoms with Gasteiger partial charge < -0.3 is 5.32 Å². The van der Waals surface area contributed by atoms with E-state index >= 15 is 0 Å². The molecule has 0 spiro atoms. The maximum absolute atomic E-state index is 10.6. The van der Waals surface area contributed by atoms with Crippen LogP contribution < -0.4 is 5.32 Å². The zero-order chi connectivity index (χ0) is 9.61. The molecule has 12 heavy (non-hydrogen) atoms. The van der Waals surface area contributed by atoms with E-state index in [1.165, 1.54) is 5.37 Å². The van der Waals surface area contributed by atoms with Crippen LogP contribution in [0.25, 0.3) is 0 Å². The first-order chi connectivity index (χ1) is 5.49. The highest BCUT2D eigenvalue weighted by molar-refractivity contribution is 7.86. The van der Waals surface area contributed by atoms with Crippen molar-refractivity contribution >= 4 is 27.7 Å². The fourth-order valence-corrected chi connectivity index (χ4v) is 1.41. The van der Waals surface area contributed by atoms with E-state index in [2.05, 4.69) is 21.7 Å². The van der Waals surface area contributed by atoms with Crippen LogP contribution in [0.4, 0.5) is 0 Å². The standard InChI is InChI=1S/C6H13NO3S2/c1-3-7-4-6(5-11)10-12(2,8)9/h5-7H,3-4H2,1-2H3. The van der Waals surface area contributed by atoms with Gasteiger partial charge in [0.2, 0.25) is 0 Å². The summed E-state index contributed by atoms with van der Waals surface area (Å²) >= 11 is 4.60. The molecule has 0 aliphatic heterocycles. The summed E-state index contributed by atoms with van der Waals surface area (Å²) in [6.45, 7) is 3.10.